The SMILES string of the molecule is Cc1ccc2c(c1)Cc1ccc3c4ccccc4n4c3c1B2c1ccccc1-4.FI(F)(=Nc1ccccc1)c1cc2c3c4c1c1ccccc1n4-c1ccccc1B3c1ccccc1C2.FI(F)(=Nc1ccccc1)c1cc2c3ccccc3n3c2c2c1Cc1ccccc1B2c1ccccc1-3.FI(F)(=Nc1ccccc1)c1cccc2c1Cc1ccc3c4ccccc4n4c3c1B2c1ccccc1-4.[F-].[F-].[F-]. The molecule has 0 atom stereocenters. The van der Waals surface area contributed by atoms with Crippen LogP contribution in [-0.4, -0.2) is 45.1 Å². The summed E-state index contributed by atoms with van der Waals surface area (Å²) in [6.07, 6.45) is 2.68. The summed E-state index contributed by atoms with van der Waals surface area (Å²) in [4.78, 5) is 0. The normalized spacial score (nSPS) is 13.6. The Balaban J connectivity index is 0.0000000993. The number of aryl methyl sites for hydroxylation is 1. The van der Waals surface area contributed by atoms with E-state index in [1.54, 1.807) is 84.9 Å². The van der Waals surface area contributed by atoms with Gasteiger partial charge in [-0.25, -0.2) is 0 Å². The van der Waals surface area contributed by atoms with Gasteiger partial charge in [0, 0.05) is 22.0 Å². The Hall–Kier alpha value is -14.4. The first-order valence-electron chi connectivity index (χ1n) is 47.0. The van der Waals surface area contributed by atoms with Gasteiger partial charge < -0.3 is 18.7 Å². The summed E-state index contributed by atoms with van der Waals surface area (Å²) in [5.41, 5.74) is 40.1. The second kappa shape index (κ2) is 33.9. The van der Waals surface area contributed by atoms with E-state index in [1.807, 2.05) is 78.9 Å². The van der Waals surface area contributed by atoms with Crippen molar-refractivity contribution in [2.45, 2.75) is 32.6 Å². The Morgan fingerprint density at radius 2 is 0.563 bits per heavy atom. The first-order valence-corrected chi connectivity index (χ1v) is 58.1. The van der Waals surface area contributed by atoms with Gasteiger partial charge in [-0.3, -0.25) is 0 Å². The van der Waals surface area contributed by atoms with Crippen LogP contribution in [0.3, 0.4) is 0 Å². The fourth-order valence-corrected chi connectivity index (χ4v) is 34.3. The van der Waals surface area contributed by atoms with E-state index in [0.29, 0.717) is 48.4 Å². The quantitative estimate of drug-likeness (QED) is 0.0905. The maximum absolute atomic E-state index is 16.4. The average molecular weight is 2200 g/mol. The van der Waals surface area contributed by atoms with Gasteiger partial charge in [-0.05, 0) is 47.5 Å². The summed E-state index contributed by atoms with van der Waals surface area (Å²) < 4.78 is 120. The molecule has 23 heteroatoms. The van der Waals surface area contributed by atoms with Crippen LogP contribution in [0.2, 0.25) is 0 Å². The third-order valence-corrected chi connectivity index (χ3v) is 40.5. The first-order chi connectivity index (χ1) is 68.2. The van der Waals surface area contributed by atoms with Gasteiger partial charge in [-0.1, -0.05) is 77.8 Å². The molecule has 12 heterocycles. The van der Waals surface area contributed by atoms with Crippen molar-refractivity contribution in [1.82, 2.24) is 18.3 Å². The van der Waals surface area contributed by atoms with E-state index < -0.39 is 58.2 Å². The van der Waals surface area contributed by atoms with Gasteiger partial charge in [0.1, 0.15) is 0 Å². The smallest absolute Gasteiger partial charge is 1.00 e. The van der Waals surface area contributed by atoms with Crippen molar-refractivity contribution in [2.75, 3.05) is 0 Å². The minimum Gasteiger partial charge on any atom is -1.00 e. The summed E-state index contributed by atoms with van der Waals surface area (Å²) in [5, 5.41) is 8.62. The number of para-hydroxylation sites is 8. The van der Waals surface area contributed by atoms with Crippen molar-refractivity contribution < 1.29 is 31.3 Å². The maximum atomic E-state index is 16.4. The minimum atomic E-state index is -5.76. The molecule has 8 aliphatic rings. The number of fused-ring (bicyclic) bond motifs is 32. The van der Waals surface area contributed by atoms with E-state index in [0.717, 1.165) is 111 Å². The molecule has 8 aliphatic heterocycles. The van der Waals surface area contributed by atoms with Crippen LogP contribution >= 0.6 is 58.2 Å². The number of aromatic nitrogens is 4. The zero-order chi connectivity index (χ0) is 92.6. The van der Waals surface area contributed by atoms with E-state index in [2.05, 4.69) is 277 Å². The number of rotatable bonds is 6. The topological polar surface area (TPSA) is 56.8 Å². The zero-order valence-corrected chi connectivity index (χ0v) is 82.5. The van der Waals surface area contributed by atoms with Gasteiger partial charge in [0.15, 0.2) is 0 Å². The number of benzene rings is 19. The van der Waals surface area contributed by atoms with E-state index in [-0.39, 0.29) is 45.0 Å². The first kappa shape index (κ1) is 89.0. The van der Waals surface area contributed by atoms with Gasteiger partial charge in [-0.2, -0.15) is 0 Å². The van der Waals surface area contributed by atoms with E-state index >= 15 is 17.2 Å². The van der Waals surface area contributed by atoms with Crippen LogP contribution in [0.15, 0.2) is 416 Å². The van der Waals surface area contributed by atoms with Gasteiger partial charge in [0.2, 0.25) is 6.71 Å². The van der Waals surface area contributed by atoms with Crippen molar-refractivity contribution in [1.29, 1.82) is 0 Å². The van der Waals surface area contributed by atoms with Gasteiger partial charge in [-0.15, -0.1) is 0 Å². The van der Waals surface area contributed by atoms with Crippen molar-refractivity contribution in [3.05, 3.63) is 467 Å². The summed E-state index contributed by atoms with van der Waals surface area (Å²) in [5.74, 6) is 0. The molecular formula is C119H78B4F9I3N7-3. The molecule has 0 spiro atoms. The monoisotopic (exact) mass is 2200 g/mol. The third-order valence-electron chi connectivity index (χ3n) is 30.0. The molecule has 0 N–H and O–H groups in total. The Kier molecular flexibility index (Phi) is 21.3. The molecule has 688 valence electrons. The van der Waals surface area contributed by atoms with Crippen LogP contribution in [0.4, 0.5) is 34.2 Å². The van der Waals surface area contributed by atoms with Crippen LogP contribution in [0, 0.1) is 17.6 Å². The standard InChI is InChI=1S/3C31H20BF2IN2.C26H18BN.3FH/c33-35(34,36-22-11-2-1-3-12-22)26-19-21-18-20-10-4-6-14-24(20)32-25-15-7-9-17-28(25)37-27-16-8-5-13-23(27)29(26)31(37)30(21)32;33-35(34,36-21-11-2-1-3-12-21)27-19-23-22-13-5-8-16-28(22)37-29-17-9-7-15-26(29)32-25-14-6-4-10-20(25)18-24(27)30(32)31(23)37;33-35(34,36-21-9-2-1-3-10-21)27-14-8-13-25-24(27)19-20-17-18-23-22-11-4-6-15-28(22)37-29-16-7-5-12-26(29)32(25)30(20)31(23)37;1-16-10-13-21-18(14-16)15-17-11-12-20-19-6-2-4-8-23(19)28-24-9-5-3-7-22(24)27(21)25(17)26(20)28;;;/h2*1-17,19H,18H2;1-18H,19H2;2-14H,15H2,1H3;3*1H/p-3. The van der Waals surface area contributed by atoms with Crippen LogP contribution in [0.1, 0.15) is 50.1 Å². The van der Waals surface area contributed by atoms with Gasteiger partial charge >= 0.3 is 658 Å². The predicted molar refractivity (Wildman–Crippen MR) is 594 cm³/mol. The van der Waals surface area contributed by atoms with Crippen molar-refractivity contribution >= 4 is 255 Å². The number of halogens is 12. The van der Waals surface area contributed by atoms with Gasteiger partial charge in [0.05, 0.1) is 5.52 Å². The zero-order valence-electron chi connectivity index (χ0n) is 76.0. The molecule has 0 bridgehead atoms. The van der Waals surface area contributed by atoms with Crippen molar-refractivity contribution in [3.8, 4) is 22.7 Å². The van der Waals surface area contributed by atoms with Crippen molar-refractivity contribution in [3.63, 3.8) is 0 Å². The molecule has 19 aromatic carbocycles. The van der Waals surface area contributed by atoms with Crippen molar-refractivity contribution in [2.24, 2.45) is 9.44 Å². The number of nitrogens with zero attached hydrogens (tertiary/aromatic N) is 7. The van der Waals surface area contributed by atoms with Crippen LogP contribution in [0.5, 0.6) is 0 Å². The summed E-state index contributed by atoms with van der Waals surface area (Å²) in [7, 11) is 0. The maximum Gasteiger partial charge on any atom is -1.00 e. The molecule has 31 rings (SSSR count). The molecule has 0 saturated carbocycles. The minimum absolute atomic E-state index is 0. The fourth-order valence-electron chi connectivity index (χ4n) is 24.7. The Bertz CT molecular complexity index is 9490. The summed E-state index contributed by atoms with van der Waals surface area (Å²) >= 11 is -17.1. The molecule has 0 aliphatic carbocycles. The summed E-state index contributed by atoms with van der Waals surface area (Å²) in [6, 6.07) is 136. The van der Waals surface area contributed by atoms with Crippen LogP contribution < -0.4 is 79.7 Å². The predicted octanol–water partition coefficient (Wildman–Crippen LogP) is 15.9. The Labute approximate surface area is 828 Å². The second-order valence-corrected chi connectivity index (χ2v) is 49.3. The molecule has 0 amide bonds. The largest absolute Gasteiger partial charge is 1.00 e. The molecule has 4 aromatic heterocycles. The van der Waals surface area contributed by atoms with E-state index in [1.165, 1.54) is 115 Å². The van der Waals surface area contributed by atoms with E-state index in [4.69, 9.17) is 0 Å². The third kappa shape index (κ3) is 13.4. The van der Waals surface area contributed by atoms with Gasteiger partial charge in [0.25, 0.3) is 0 Å². The molecule has 0 fully saturated rings. The fraction of sp³-hybridized carbons (Fsp3) is 0.0420. The van der Waals surface area contributed by atoms with Crippen LogP contribution in [0.25, 0.3) is 110 Å². The molecule has 7 nitrogen and oxygen atoms in total. The molecule has 142 heavy (non-hydrogen) atoms. The Morgan fingerprint density at radius 3 is 1.06 bits per heavy atom. The molecule has 0 saturated heterocycles. The molecular weight excluding hydrogens is 2120 g/mol. The number of hydrogen-bond donors (Lipinski definition) is 0. The molecule has 23 aromatic rings. The second-order valence-electron chi connectivity index (χ2n) is 37.4. The summed E-state index contributed by atoms with van der Waals surface area (Å²) in [6.45, 7) is 2.39. The van der Waals surface area contributed by atoms with Crippen LogP contribution in [-0.2, 0) is 25.7 Å². The average Bonchev–Trinajstić information content (AvgIpc) is 1.50. The molecule has 0 unspecified atom stereocenters. The number of hydrogen-bond acceptors (Lipinski definition) is 3. The molecule has 0 radical (unpaired) electrons. The Morgan fingerprint density at radius 1 is 0.225 bits per heavy atom. The van der Waals surface area contributed by atoms with E-state index in [9.17, 15) is 0 Å².